The van der Waals surface area contributed by atoms with E-state index in [0.717, 1.165) is 5.56 Å². The van der Waals surface area contributed by atoms with E-state index in [4.69, 9.17) is 14.1 Å². The number of nitrogens with one attached hydrogen (secondary N) is 1. The van der Waals surface area contributed by atoms with E-state index in [0.29, 0.717) is 28.5 Å². The Bertz CT molecular complexity index is 1160. The van der Waals surface area contributed by atoms with Gasteiger partial charge in [-0.15, -0.1) is 10.2 Å². The smallest absolute Gasteiger partial charge is 0.283 e. The third kappa shape index (κ3) is 3.66. The first-order valence-electron chi connectivity index (χ1n) is 8.48. The van der Waals surface area contributed by atoms with Crippen molar-refractivity contribution in [3.63, 3.8) is 0 Å². The van der Waals surface area contributed by atoms with Crippen molar-refractivity contribution in [2.45, 2.75) is 6.42 Å². The maximum Gasteiger partial charge on any atom is 0.283 e. The van der Waals surface area contributed by atoms with E-state index in [-0.39, 0.29) is 18.2 Å². The topological polar surface area (TPSA) is 105 Å². The third-order valence-electron chi connectivity index (χ3n) is 4.00. The zero-order chi connectivity index (χ0) is 19.3. The number of anilines is 1. The number of carbonyl (C=O) groups is 1. The van der Waals surface area contributed by atoms with Crippen LogP contribution in [0.1, 0.15) is 15.9 Å². The van der Waals surface area contributed by atoms with E-state index in [1.165, 1.54) is 6.26 Å². The summed E-state index contributed by atoms with van der Waals surface area (Å²) in [6, 6.07) is 19.6. The highest BCUT2D eigenvalue weighted by Gasteiger charge is 2.13. The minimum atomic E-state index is -0.265. The molecule has 1 amide bonds. The van der Waals surface area contributed by atoms with Gasteiger partial charge in [0.25, 0.3) is 11.8 Å². The summed E-state index contributed by atoms with van der Waals surface area (Å²) in [5.41, 5.74) is 2.53. The van der Waals surface area contributed by atoms with Crippen molar-refractivity contribution >= 4 is 11.6 Å². The summed E-state index contributed by atoms with van der Waals surface area (Å²) in [5, 5.41) is 19.7. The van der Waals surface area contributed by atoms with Crippen LogP contribution in [-0.2, 0) is 6.42 Å². The number of rotatable bonds is 5. The number of aromatic nitrogens is 2. The fraction of sp³-hybridized carbons (Fsp3) is 0.0476. The summed E-state index contributed by atoms with van der Waals surface area (Å²) >= 11 is 0. The van der Waals surface area contributed by atoms with Gasteiger partial charge in [-0.25, -0.2) is 0 Å². The minimum absolute atomic E-state index is 0.256. The molecule has 0 saturated heterocycles. The van der Waals surface area contributed by atoms with Gasteiger partial charge in [0, 0.05) is 16.8 Å². The van der Waals surface area contributed by atoms with E-state index in [9.17, 15) is 4.79 Å². The lowest BCUT2D eigenvalue weighted by atomic mass is 10.1. The van der Waals surface area contributed by atoms with Gasteiger partial charge in [-0.3, -0.25) is 4.79 Å². The van der Waals surface area contributed by atoms with Crippen molar-refractivity contribution in [3.05, 3.63) is 78.1 Å². The van der Waals surface area contributed by atoms with Crippen LogP contribution < -0.4 is 5.32 Å². The Morgan fingerprint density at radius 2 is 1.89 bits per heavy atom. The fourth-order valence-corrected chi connectivity index (χ4v) is 2.69. The van der Waals surface area contributed by atoms with E-state index in [1.54, 1.807) is 48.5 Å². The zero-order valence-corrected chi connectivity index (χ0v) is 14.6. The van der Waals surface area contributed by atoms with Crippen LogP contribution in [0.4, 0.5) is 5.69 Å². The molecule has 0 radical (unpaired) electrons. The largest absolute Gasteiger partial charge is 0.459 e. The van der Waals surface area contributed by atoms with Crippen molar-refractivity contribution in [3.8, 4) is 29.2 Å². The highest BCUT2D eigenvalue weighted by Crippen LogP contribution is 2.26. The summed E-state index contributed by atoms with van der Waals surface area (Å²) in [6.07, 6.45) is 1.78. The predicted octanol–water partition coefficient (Wildman–Crippen LogP) is 4.31. The highest BCUT2D eigenvalue weighted by atomic mass is 16.4. The SMILES string of the molecule is N#CCc1cccc(C(=O)Nc2cccc(-c3nnc(-c4ccco4)o3)c2)c1. The van der Waals surface area contributed by atoms with E-state index in [2.05, 4.69) is 21.6 Å². The lowest BCUT2D eigenvalue weighted by molar-refractivity contribution is 0.102. The van der Waals surface area contributed by atoms with Gasteiger partial charge in [0.05, 0.1) is 18.8 Å². The van der Waals surface area contributed by atoms with Gasteiger partial charge in [-0.1, -0.05) is 18.2 Å². The molecule has 7 heteroatoms. The van der Waals surface area contributed by atoms with Crippen LogP contribution in [-0.4, -0.2) is 16.1 Å². The fourth-order valence-electron chi connectivity index (χ4n) is 2.69. The Morgan fingerprint density at radius 1 is 1.04 bits per heavy atom. The van der Waals surface area contributed by atoms with E-state index < -0.39 is 0 Å². The van der Waals surface area contributed by atoms with Gasteiger partial charge < -0.3 is 14.2 Å². The summed E-state index contributed by atoms with van der Waals surface area (Å²) in [7, 11) is 0. The molecule has 0 aliphatic carbocycles. The summed E-state index contributed by atoms with van der Waals surface area (Å²) in [4.78, 5) is 12.5. The number of hydrogen-bond acceptors (Lipinski definition) is 6. The summed E-state index contributed by atoms with van der Waals surface area (Å²) in [6.45, 7) is 0. The van der Waals surface area contributed by atoms with Crippen LogP contribution in [0.25, 0.3) is 23.1 Å². The number of amides is 1. The molecule has 0 aliphatic heterocycles. The molecular weight excluding hydrogens is 356 g/mol. The molecule has 136 valence electrons. The zero-order valence-electron chi connectivity index (χ0n) is 14.6. The van der Waals surface area contributed by atoms with Crippen LogP contribution in [0.15, 0.2) is 75.8 Å². The third-order valence-corrected chi connectivity index (χ3v) is 4.00. The molecule has 0 aliphatic rings. The van der Waals surface area contributed by atoms with Gasteiger partial charge in [0.2, 0.25) is 5.89 Å². The Labute approximate surface area is 160 Å². The van der Waals surface area contributed by atoms with Crippen LogP contribution in [0, 0.1) is 11.3 Å². The van der Waals surface area contributed by atoms with Crippen molar-refractivity contribution in [2.24, 2.45) is 0 Å². The number of furan rings is 1. The number of carbonyl (C=O) groups excluding carboxylic acids is 1. The maximum atomic E-state index is 12.5. The quantitative estimate of drug-likeness (QED) is 0.561. The molecular formula is C21H14N4O3. The Balaban J connectivity index is 1.54. The van der Waals surface area contributed by atoms with Crippen molar-refractivity contribution in [1.29, 1.82) is 5.26 Å². The molecule has 2 aromatic carbocycles. The first kappa shape index (κ1) is 17.2. The monoisotopic (exact) mass is 370 g/mol. The van der Waals surface area contributed by atoms with Gasteiger partial charge in [0.15, 0.2) is 5.76 Å². The molecule has 0 atom stereocenters. The van der Waals surface area contributed by atoms with Crippen LogP contribution in [0.5, 0.6) is 0 Å². The van der Waals surface area contributed by atoms with Crippen molar-refractivity contribution in [2.75, 3.05) is 5.32 Å². The molecule has 2 aromatic heterocycles. The lowest BCUT2D eigenvalue weighted by Crippen LogP contribution is -2.12. The maximum absolute atomic E-state index is 12.5. The molecule has 0 bridgehead atoms. The minimum Gasteiger partial charge on any atom is -0.459 e. The normalized spacial score (nSPS) is 10.4. The van der Waals surface area contributed by atoms with E-state index >= 15 is 0 Å². The van der Waals surface area contributed by atoms with Crippen LogP contribution in [0.3, 0.4) is 0 Å². The molecule has 4 aromatic rings. The number of hydrogen-bond donors (Lipinski definition) is 1. The van der Waals surface area contributed by atoms with Gasteiger partial charge in [0.1, 0.15) is 0 Å². The first-order chi connectivity index (χ1) is 13.7. The molecule has 0 saturated carbocycles. The number of benzene rings is 2. The summed E-state index contributed by atoms with van der Waals surface area (Å²) < 4.78 is 10.9. The first-order valence-corrected chi connectivity index (χ1v) is 8.48. The number of nitrogens with zero attached hydrogens (tertiary/aromatic N) is 3. The standard InChI is InChI=1S/C21H14N4O3/c22-10-9-14-4-1-5-15(12-14)19(26)23-17-7-2-6-16(13-17)20-24-25-21(28-20)18-8-3-11-27-18/h1-8,11-13H,9H2,(H,23,26). The molecule has 7 nitrogen and oxygen atoms in total. The van der Waals surface area contributed by atoms with E-state index in [1.807, 2.05) is 12.1 Å². The van der Waals surface area contributed by atoms with Crippen molar-refractivity contribution in [1.82, 2.24) is 10.2 Å². The Hall–Kier alpha value is -4.18. The molecule has 0 spiro atoms. The molecule has 28 heavy (non-hydrogen) atoms. The average molecular weight is 370 g/mol. The second-order valence-corrected chi connectivity index (χ2v) is 5.96. The Kier molecular flexibility index (Phi) is 4.68. The average Bonchev–Trinajstić information content (AvgIpc) is 3.40. The highest BCUT2D eigenvalue weighted by molar-refractivity contribution is 6.04. The van der Waals surface area contributed by atoms with Gasteiger partial charge in [-0.2, -0.15) is 5.26 Å². The Morgan fingerprint density at radius 3 is 2.71 bits per heavy atom. The predicted molar refractivity (Wildman–Crippen MR) is 101 cm³/mol. The van der Waals surface area contributed by atoms with Gasteiger partial charge >= 0.3 is 0 Å². The molecule has 0 fully saturated rings. The molecule has 2 heterocycles. The summed E-state index contributed by atoms with van der Waals surface area (Å²) in [5.74, 6) is 0.821. The van der Waals surface area contributed by atoms with Crippen LogP contribution in [0.2, 0.25) is 0 Å². The molecule has 0 unspecified atom stereocenters. The molecule has 4 rings (SSSR count). The van der Waals surface area contributed by atoms with Crippen LogP contribution >= 0.6 is 0 Å². The number of nitriles is 1. The second-order valence-electron chi connectivity index (χ2n) is 5.96. The van der Waals surface area contributed by atoms with Crippen molar-refractivity contribution < 1.29 is 13.6 Å². The second kappa shape index (κ2) is 7.60. The molecule has 1 N–H and O–H groups in total. The van der Waals surface area contributed by atoms with Gasteiger partial charge in [-0.05, 0) is 48.0 Å². The lowest BCUT2D eigenvalue weighted by Gasteiger charge is -2.07.